The maximum absolute atomic E-state index is 12.7. The van der Waals surface area contributed by atoms with Gasteiger partial charge in [0.2, 0.25) is 5.91 Å². The van der Waals surface area contributed by atoms with Gasteiger partial charge >= 0.3 is 0 Å². The van der Waals surface area contributed by atoms with Crippen LogP contribution in [0.1, 0.15) is 38.7 Å². The first-order valence-corrected chi connectivity index (χ1v) is 10.9. The molecule has 2 unspecified atom stereocenters. The molecular formula is C24H31N3O3. The van der Waals surface area contributed by atoms with Crippen molar-refractivity contribution in [2.75, 3.05) is 26.2 Å². The van der Waals surface area contributed by atoms with Crippen LogP contribution in [-0.4, -0.2) is 53.7 Å². The van der Waals surface area contributed by atoms with Gasteiger partial charge in [-0.1, -0.05) is 12.2 Å². The van der Waals surface area contributed by atoms with Gasteiger partial charge in [0, 0.05) is 31.3 Å². The van der Waals surface area contributed by atoms with Gasteiger partial charge in [0.15, 0.2) is 0 Å². The lowest BCUT2D eigenvalue weighted by molar-refractivity contribution is -0.131. The molecule has 3 heterocycles. The van der Waals surface area contributed by atoms with Crippen molar-refractivity contribution in [2.24, 2.45) is 0 Å². The molecule has 1 aromatic carbocycles. The number of hydrogen-bond donors (Lipinski definition) is 3. The molecule has 2 atom stereocenters. The zero-order chi connectivity index (χ0) is 21.1. The Morgan fingerprint density at radius 3 is 2.83 bits per heavy atom. The highest BCUT2D eigenvalue weighted by molar-refractivity contribution is 5.89. The molecule has 6 heteroatoms. The maximum Gasteiger partial charge on any atom is 0.249 e. The van der Waals surface area contributed by atoms with Crippen LogP contribution in [0.2, 0.25) is 0 Å². The second-order valence-electron chi connectivity index (χ2n) is 8.12. The normalized spacial score (nSPS) is 25.3. The van der Waals surface area contributed by atoms with Gasteiger partial charge in [-0.3, -0.25) is 4.79 Å². The molecule has 3 N–H and O–H groups in total. The number of nitrogens with zero attached hydrogens (tertiary/aromatic N) is 1. The van der Waals surface area contributed by atoms with Crippen LogP contribution in [-0.2, 0) is 4.79 Å². The van der Waals surface area contributed by atoms with Crippen LogP contribution in [0.4, 0.5) is 0 Å². The molecule has 1 saturated heterocycles. The van der Waals surface area contributed by atoms with E-state index in [9.17, 15) is 9.90 Å². The van der Waals surface area contributed by atoms with E-state index in [0.717, 1.165) is 54.8 Å². The summed E-state index contributed by atoms with van der Waals surface area (Å²) in [5, 5.41) is 16.8. The summed E-state index contributed by atoms with van der Waals surface area (Å²) in [5.41, 5.74) is 2.55. The summed E-state index contributed by atoms with van der Waals surface area (Å²) in [6.45, 7) is 7.28. The Morgan fingerprint density at radius 2 is 2.10 bits per heavy atom. The van der Waals surface area contributed by atoms with Crippen molar-refractivity contribution in [1.29, 1.82) is 0 Å². The predicted octanol–water partition coefficient (Wildman–Crippen LogP) is 2.96. The number of likely N-dealkylation sites (N-methyl/N-ethyl adjacent to an activating group) is 1. The minimum atomic E-state index is -0.356. The second-order valence-corrected chi connectivity index (χ2v) is 8.12. The number of benzene rings is 1. The number of hydrogen-bond acceptors (Lipinski definition) is 5. The Morgan fingerprint density at radius 1 is 1.27 bits per heavy atom. The number of aromatic hydroxyl groups is 1. The van der Waals surface area contributed by atoms with Gasteiger partial charge in [0.25, 0.3) is 0 Å². The number of carbonyl (C=O) groups is 1. The number of dihydropyridines is 1. The largest absolute Gasteiger partial charge is 0.508 e. The third kappa shape index (κ3) is 3.97. The minimum absolute atomic E-state index is 0.0804. The van der Waals surface area contributed by atoms with Crippen molar-refractivity contribution in [1.82, 2.24) is 15.5 Å². The number of rotatable bonds is 4. The lowest BCUT2D eigenvalue weighted by Gasteiger charge is -2.37. The molecule has 0 aromatic heterocycles. The van der Waals surface area contributed by atoms with Gasteiger partial charge in [0.1, 0.15) is 23.1 Å². The van der Waals surface area contributed by atoms with Gasteiger partial charge in [-0.15, -0.1) is 0 Å². The molecule has 0 bridgehead atoms. The number of ether oxygens (including phenoxy) is 1. The third-order valence-electron chi connectivity index (χ3n) is 6.19. The lowest BCUT2D eigenvalue weighted by Crippen LogP contribution is -2.44. The van der Waals surface area contributed by atoms with Crippen molar-refractivity contribution in [3.05, 3.63) is 53.8 Å². The van der Waals surface area contributed by atoms with Crippen molar-refractivity contribution in [3.63, 3.8) is 0 Å². The molecule has 0 saturated carbocycles. The first-order valence-electron chi connectivity index (χ1n) is 10.9. The Balaban J connectivity index is 1.66. The summed E-state index contributed by atoms with van der Waals surface area (Å²) in [7, 11) is 0. The Hall–Kier alpha value is -2.73. The van der Waals surface area contributed by atoms with Crippen LogP contribution in [0, 0.1) is 0 Å². The van der Waals surface area contributed by atoms with Crippen LogP contribution in [0.25, 0.3) is 5.57 Å². The number of allylic oxidation sites excluding steroid dienone is 3. The molecule has 1 aromatic rings. The van der Waals surface area contributed by atoms with Gasteiger partial charge in [-0.05, 0) is 75.2 Å². The molecule has 4 rings (SSSR count). The zero-order valence-corrected chi connectivity index (χ0v) is 17.8. The molecule has 0 radical (unpaired) electrons. The lowest BCUT2D eigenvalue weighted by atomic mass is 9.84. The van der Waals surface area contributed by atoms with E-state index < -0.39 is 0 Å². The van der Waals surface area contributed by atoms with Crippen molar-refractivity contribution < 1.29 is 14.6 Å². The van der Waals surface area contributed by atoms with Gasteiger partial charge < -0.3 is 25.4 Å². The smallest absolute Gasteiger partial charge is 0.249 e. The summed E-state index contributed by atoms with van der Waals surface area (Å²) in [6.07, 6.45) is 10.9. The Labute approximate surface area is 178 Å². The fourth-order valence-corrected chi connectivity index (χ4v) is 4.49. The summed E-state index contributed by atoms with van der Waals surface area (Å²) in [5.74, 6) is 1.09. The van der Waals surface area contributed by atoms with Crippen LogP contribution >= 0.6 is 0 Å². The molecule has 6 nitrogen and oxygen atoms in total. The highest BCUT2D eigenvalue weighted by Crippen LogP contribution is 2.44. The monoisotopic (exact) mass is 409 g/mol. The summed E-state index contributed by atoms with van der Waals surface area (Å²) >= 11 is 0. The van der Waals surface area contributed by atoms with Gasteiger partial charge in [-0.2, -0.15) is 0 Å². The second kappa shape index (κ2) is 8.56. The van der Waals surface area contributed by atoms with Crippen molar-refractivity contribution in [3.8, 4) is 11.5 Å². The third-order valence-corrected chi connectivity index (χ3v) is 6.19. The average molecular weight is 410 g/mol. The van der Waals surface area contributed by atoms with E-state index in [1.807, 2.05) is 43.2 Å². The minimum Gasteiger partial charge on any atom is -0.508 e. The fourth-order valence-electron chi connectivity index (χ4n) is 4.49. The average Bonchev–Trinajstić information content (AvgIpc) is 3.00. The molecule has 1 amide bonds. The van der Waals surface area contributed by atoms with Gasteiger partial charge in [0.05, 0.1) is 0 Å². The SMILES string of the molecule is CCN(CC)C(=O)C1C=CC(C2=CC3(CCCNCC3)Oc3ccc(O)cc32)=CN1. The standard InChI is InChI=1S/C24H31N3O3/c1-3-27(4-2)23(29)21-8-6-17(16-26-21)20-15-24(10-5-12-25-13-11-24)30-22-9-7-18(28)14-19(20)22/h6-9,14-16,21,25-26,28H,3-5,10-13H2,1-2H3. The molecule has 3 aliphatic heterocycles. The Kier molecular flexibility index (Phi) is 5.86. The molecule has 0 aliphatic carbocycles. The number of fused-ring (bicyclic) bond motifs is 1. The molecule has 1 spiro atoms. The maximum atomic E-state index is 12.7. The molecule has 1 fully saturated rings. The van der Waals surface area contributed by atoms with Crippen LogP contribution in [0.3, 0.4) is 0 Å². The quantitative estimate of drug-likeness (QED) is 0.713. The summed E-state index contributed by atoms with van der Waals surface area (Å²) in [4.78, 5) is 14.5. The van der Waals surface area contributed by atoms with Gasteiger partial charge in [-0.25, -0.2) is 0 Å². The zero-order valence-electron chi connectivity index (χ0n) is 17.8. The topological polar surface area (TPSA) is 73.8 Å². The highest BCUT2D eigenvalue weighted by atomic mass is 16.5. The van der Waals surface area contributed by atoms with E-state index in [2.05, 4.69) is 16.7 Å². The fraction of sp³-hybridized carbons (Fsp3) is 0.458. The van der Waals surface area contributed by atoms with E-state index >= 15 is 0 Å². The van der Waals surface area contributed by atoms with Crippen molar-refractivity contribution >= 4 is 11.5 Å². The van der Waals surface area contributed by atoms with Crippen molar-refractivity contribution in [2.45, 2.75) is 44.8 Å². The molecule has 3 aliphatic rings. The van der Waals surface area contributed by atoms with E-state index in [4.69, 9.17) is 4.74 Å². The number of nitrogens with one attached hydrogen (secondary N) is 2. The molecule has 160 valence electrons. The van der Waals surface area contributed by atoms with Crippen LogP contribution < -0.4 is 15.4 Å². The number of phenols is 1. The summed E-state index contributed by atoms with van der Waals surface area (Å²) < 4.78 is 6.48. The summed E-state index contributed by atoms with van der Waals surface area (Å²) in [6, 6.07) is 4.93. The van der Waals surface area contributed by atoms with E-state index in [0.29, 0.717) is 13.1 Å². The predicted molar refractivity (Wildman–Crippen MR) is 118 cm³/mol. The number of phenolic OH excluding ortho intramolecular Hbond substituents is 1. The van der Waals surface area contributed by atoms with E-state index in [1.54, 1.807) is 12.1 Å². The highest BCUT2D eigenvalue weighted by Gasteiger charge is 2.37. The van der Waals surface area contributed by atoms with E-state index in [-0.39, 0.29) is 23.3 Å². The Bertz CT molecular complexity index is 891. The van der Waals surface area contributed by atoms with Crippen LogP contribution in [0.5, 0.6) is 11.5 Å². The first kappa shape index (κ1) is 20.5. The first-order chi connectivity index (χ1) is 14.5. The number of amides is 1. The molecule has 30 heavy (non-hydrogen) atoms. The number of carbonyl (C=O) groups excluding carboxylic acids is 1. The molecular weight excluding hydrogens is 378 g/mol. The van der Waals surface area contributed by atoms with E-state index in [1.165, 1.54) is 0 Å². The van der Waals surface area contributed by atoms with Crippen LogP contribution in [0.15, 0.2) is 48.2 Å².